The van der Waals surface area contributed by atoms with Gasteiger partial charge in [0.1, 0.15) is 6.54 Å². The molecule has 0 spiro atoms. The van der Waals surface area contributed by atoms with Crippen LogP contribution in [0.3, 0.4) is 0 Å². The zero-order chi connectivity index (χ0) is 24.5. The average Bonchev–Trinajstić information content (AvgIpc) is 3.30. The molecular weight excluding hydrogens is 475 g/mol. The van der Waals surface area contributed by atoms with E-state index in [9.17, 15) is 26.4 Å². The van der Waals surface area contributed by atoms with Gasteiger partial charge in [-0.25, -0.2) is 8.42 Å². The predicted octanol–water partition coefficient (Wildman–Crippen LogP) is 2.94. The van der Waals surface area contributed by atoms with Crippen LogP contribution in [0.25, 0.3) is 0 Å². The minimum absolute atomic E-state index is 0.0361. The number of hydrogen-bond donors (Lipinski definition) is 0. The number of halogens is 3. The molecule has 2 aromatic carbocycles. The van der Waals surface area contributed by atoms with Crippen LogP contribution in [0.4, 0.5) is 24.5 Å². The first-order valence-electron chi connectivity index (χ1n) is 10.7. The number of sulfonamides is 1. The van der Waals surface area contributed by atoms with Crippen molar-refractivity contribution in [2.45, 2.75) is 13.1 Å². The Morgan fingerprint density at radius 1 is 1.03 bits per heavy atom. The van der Waals surface area contributed by atoms with Gasteiger partial charge in [-0.3, -0.25) is 9.10 Å². The van der Waals surface area contributed by atoms with Crippen LogP contribution in [0.1, 0.15) is 12.5 Å². The van der Waals surface area contributed by atoms with E-state index in [-0.39, 0.29) is 32.2 Å². The number of carbonyl (C=O) groups excluding carboxylic acids is 1. The summed E-state index contributed by atoms with van der Waals surface area (Å²) in [4.78, 5) is 16.3. The van der Waals surface area contributed by atoms with E-state index >= 15 is 0 Å². The number of fused-ring (bicyclic) bond motifs is 1. The largest absolute Gasteiger partial charge is 0.454 e. The van der Waals surface area contributed by atoms with E-state index in [1.54, 1.807) is 23.1 Å². The molecule has 1 amide bonds. The first-order valence-corrected chi connectivity index (χ1v) is 12.3. The molecule has 184 valence electrons. The molecule has 0 radical (unpaired) electrons. The fourth-order valence-corrected chi connectivity index (χ4v) is 4.92. The maximum absolute atomic E-state index is 13.0. The fraction of sp³-hybridized carbons (Fsp3) is 0.409. The monoisotopic (exact) mass is 499 g/mol. The van der Waals surface area contributed by atoms with Gasteiger partial charge in [-0.2, -0.15) is 13.2 Å². The highest BCUT2D eigenvalue weighted by Gasteiger charge is 2.32. The number of nitrogens with zero attached hydrogens (tertiary/aromatic N) is 3. The molecule has 0 unspecified atom stereocenters. The third-order valence-electron chi connectivity index (χ3n) is 5.79. The molecule has 0 bridgehead atoms. The molecule has 1 fully saturated rings. The van der Waals surface area contributed by atoms with Crippen LogP contribution in [0.5, 0.6) is 11.5 Å². The molecule has 2 aliphatic heterocycles. The van der Waals surface area contributed by atoms with Crippen LogP contribution in [-0.4, -0.2) is 64.5 Å². The second kappa shape index (κ2) is 9.24. The van der Waals surface area contributed by atoms with Gasteiger partial charge in [0.05, 0.1) is 17.0 Å². The van der Waals surface area contributed by atoms with Crippen LogP contribution >= 0.6 is 0 Å². The predicted molar refractivity (Wildman–Crippen MR) is 120 cm³/mol. The van der Waals surface area contributed by atoms with Gasteiger partial charge in [0.25, 0.3) is 0 Å². The van der Waals surface area contributed by atoms with Gasteiger partial charge < -0.3 is 19.3 Å². The van der Waals surface area contributed by atoms with Crippen molar-refractivity contribution in [3.05, 3.63) is 48.0 Å². The summed E-state index contributed by atoms with van der Waals surface area (Å²) in [6.07, 6.45) is -4.43. The molecule has 2 aromatic rings. The van der Waals surface area contributed by atoms with Gasteiger partial charge in [0, 0.05) is 37.9 Å². The molecule has 4 rings (SSSR count). The van der Waals surface area contributed by atoms with Gasteiger partial charge in [-0.15, -0.1) is 0 Å². The van der Waals surface area contributed by atoms with Gasteiger partial charge in [-0.05, 0) is 37.3 Å². The lowest BCUT2D eigenvalue weighted by molar-refractivity contribution is -0.137. The van der Waals surface area contributed by atoms with E-state index in [2.05, 4.69) is 0 Å². The highest BCUT2D eigenvalue weighted by atomic mass is 32.2. The normalized spacial score (nSPS) is 16.0. The standard InChI is InChI=1S/C22H24F3N3O5S/c1-2-34(30,31)28(18-6-7-19-20(13-18)33-15-32-19)14-21(29)27-10-8-26(9-11-27)17-5-3-4-16(12-17)22(23,24)25/h3-7,12-13H,2,8-11,14-15H2,1H3. The first kappa shape index (κ1) is 24.0. The van der Waals surface area contributed by atoms with Crippen molar-refractivity contribution in [3.63, 3.8) is 0 Å². The highest BCUT2D eigenvalue weighted by Crippen LogP contribution is 2.36. The van der Waals surface area contributed by atoms with Crippen LogP contribution in [0.15, 0.2) is 42.5 Å². The number of hydrogen-bond acceptors (Lipinski definition) is 6. The van der Waals surface area contributed by atoms with Crippen LogP contribution in [0, 0.1) is 0 Å². The molecule has 1 saturated heterocycles. The minimum Gasteiger partial charge on any atom is -0.454 e. The van der Waals surface area contributed by atoms with Crippen molar-refractivity contribution >= 4 is 27.3 Å². The number of piperazine rings is 1. The number of ether oxygens (including phenoxy) is 2. The first-order chi connectivity index (χ1) is 16.1. The van der Waals surface area contributed by atoms with E-state index in [4.69, 9.17) is 9.47 Å². The maximum Gasteiger partial charge on any atom is 0.416 e. The number of carbonyl (C=O) groups is 1. The van der Waals surface area contributed by atoms with E-state index < -0.39 is 27.7 Å². The van der Waals surface area contributed by atoms with E-state index in [0.717, 1.165) is 16.4 Å². The number of rotatable bonds is 6. The Balaban J connectivity index is 1.45. The molecular formula is C22H24F3N3O5S. The molecule has 0 aromatic heterocycles. The lowest BCUT2D eigenvalue weighted by Crippen LogP contribution is -2.52. The smallest absolute Gasteiger partial charge is 0.416 e. The Morgan fingerprint density at radius 3 is 2.41 bits per heavy atom. The van der Waals surface area contributed by atoms with Crippen molar-refractivity contribution in [2.75, 3.05) is 54.5 Å². The minimum atomic E-state index is -4.43. The number of alkyl halides is 3. The zero-order valence-electron chi connectivity index (χ0n) is 18.4. The lowest BCUT2D eigenvalue weighted by Gasteiger charge is -2.37. The Labute approximate surface area is 195 Å². The Kier molecular flexibility index (Phi) is 6.52. The molecule has 2 aliphatic rings. The Morgan fingerprint density at radius 2 is 1.74 bits per heavy atom. The third kappa shape index (κ3) is 5.01. The number of anilines is 2. The third-order valence-corrected chi connectivity index (χ3v) is 7.54. The molecule has 34 heavy (non-hydrogen) atoms. The second-order valence-corrected chi connectivity index (χ2v) is 10.0. The SMILES string of the molecule is CCS(=O)(=O)N(CC(=O)N1CCN(c2cccc(C(F)(F)F)c2)CC1)c1ccc2c(c1)OCO2. The van der Waals surface area contributed by atoms with Crippen LogP contribution in [-0.2, 0) is 21.0 Å². The van der Waals surface area contributed by atoms with Crippen LogP contribution < -0.4 is 18.7 Å². The van der Waals surface area contributed by atoms with Crippen molar-refractivity contribution in [3.8, 4) is 11.5 Å². The fourth-order valence-electron chi connectivity index (χ4n) is 3.86. The molecule has 0 saturated carbocycles. The van der Waals surface area contributed by atoms with Crippen LogP contribution in [0.2, 0.25) is 0 Å². The quantitative estimate of drug-likeness (QED) is 0.608. The summed E-state index contributed by atoms with van der Waals surface area (Å²) in [6, 6.07) is 9.73. The Hall–Kier alpha value is -3.15. The molecule has 0 atom stereocenters. The maximum atomic E-state index is 13.0. The molecule has 8 nitrogen and oxygen atoms in total. The van der Waals surface area contributed by atoms with E-state index in [0.29, 0.717) is 36.0 Å². The highest BCUT2D eigenvalue weighted by molar-refractivity contribution is 7.92. The van der Waals surface area contributed by atoms with Gasteiger partial charge >= 0.3 is 6.18 Å². The summed E-state index contributed by atoms with van der Waals surface area (Å²) in [6.45, 7) is 2.32. The second-order valence-electron chi connectivity index (χ2n) is 7.86. The van der Waals surface area contributed by atoms with E-state index in [1.807, 2.05) is 0 Å². The number of benzene rings is 2. The van der Waals surface area contributed by atoms with Crippen molar-refractivity contribution < 1.29 is 35.9 Å². The van der Waals surface area contributed by atoms with Gasteiger partial charge in [-0.1, -0.05) is 6.07 Å². The molecule has 12 heteroatoms. The summed E-state index contributed by atoms with van der Waals surface area (Å²) < 4.78 is 76.2. The van der Waals surface area contributed by atoms with Crippen molar-refractivity contribution in [1.82, 2.24) is 4.90 Å². The molecule has 0 N–H and O–H groups in total. The average molecular weight is 500 g/mol. The van der Waals surface area contributed by atoms with E-state index in [1.165, 1.54) is 24.0 Å². The molecule has 2 heterocycles. The van der Waals surface area contributed by atoms with Gasteiger partial charge in [0.2, 0.25) is 22.7 Å². The zero-order valence-corrected chi connectivity index (χ0v) is 19.2. The van der Waals surface area contributed by atoms with Crippen molar-refractivity contribution in [1.29, 1.82) is 0 Å². The lowest BCUT2D eigenvalue weighted by atomic mass is 10.1. The summed E-state index contributed by atoms with van der Waals surface area (Å²) in [7, 11) is -3.76. The summed E-state index contributed by atoms with van der Waals surface area (Å²) in [5.41, 5.74) is -0.00725. The summed E-state index contributed by atoms with van der Waals surface area (Å²) in [5.74, 6) is 0.307. The number of amides is 1. The topological polar surface area (TPSA) is 79.4 Å². The van der Waals surface area contributed by atoms with Gasteiger partial charge in [0.15, 0.2) is 11.5 Å². The molecule has 0 aliphatic carbocycles. The summed E-state index contributed by atoms with van der Waals surface area (Å²) in [5, 5.41) is 0. The van der Waals surface area contributed by atoms with Crippen molar-refractivity contribution in [2.24, 2.45) is 0 Å². The Bertz CT molecular complexity index is 1160. The summed E-state index contributed by atoms with van der Waals surface area (Å²) >= 11 is 0.